The summed E-state index contributed by atoms with van der Waals surface area (Å²) >= 11 is 3.53. The molecular weight excluding hydrogens is 214 g/mol. The minimum atomic E-state index is 0.516. The Balaban J connectivity index is 2.63. The number of nitrogens with two attached hydrogens (primary N) is 1. The van der Waals surface area contributed by atoms with Crippen molar-refractivity contribution in [3.05, 3.63) is 11.1 Å². The van der Waals surface area contributed by atoms with Crippen LogP contribution in [0.25, 0.3) is 0 Å². The van der Waals surface area contributed by atoms with Gasteiger partial charge in [0.2, 0.25) is 0 Å². The highest BCUT2D eigenvalue weighted by molar-refractivity contribution is 7.98. The van der Waals surface area contributed by atoms with Gasteiger partial charge in [-0.25, -0.2) is 4.98 Å². The lowest BCUT2D eigenvalue weighted by atomic mass is 10.4. The molecule has 0 spiro atoms. The predicted molar refractivity (Wildman–Crippen MR) is 66.3 cm³/mol. The van der Waals surface area contributed by atoms with E-state index in [1.54, 1.807) is 11.3 Å². The minimum Gasteiger partial charge on any atom is -0.348 e. The second-order valence-electron chi connectivity index (χ2n) is 3.23. The Hall–Kier alpha value is -0.260. The molecule has 0 amide bonds. The van der Waals surface area contributed by atoms with Crippen LogP contribution in [0, 0.1) is 0 Å². The summed E-state index contributed by atoms with van der Waals surface area (Å²) in [4.78, 5) is 7.70. The third-order valence-electron chi connectivity index (χ3n) is 2.11. The lowest BCUT2D eigenvalue weighted by molar-refractivity contribution is 0.762. The highest BCUT2D eigenvalue weighted by Gasteiger charge is 2.12. The Morgan fingerprint density at radius 2 is 2.43 bits per heavy atom. The van der Waals surface area contributed by atoms with E-state index in [0.29, 0.717) is 12.6 Å². The highest BCUT2D eigenvalue weighted by atomic mass is 32.2. The standard InChI is InChI=1S/C9H17N3S2/c1-7(6-13-3)12(2)9-11-5-8(4-10)14-9/h5,7H,4,6,10H2,1-3H3. The molecule has 0 bridgehead atoms. The van der Waals surface area contributed by atoms with E-state index in [9.17, 15) is 0 Å². The van der Waals surface area contributed by atoms with Gasteiger partial charge in [-0.1, -0.05) is 0 Å². The van der Waals surface area contributed by atoms with Gasteiger partial charge in [-0.05, 0) is 13.2 Å². The van der Waals surface area contributed by atoms with E-state index in [0.717, 1.165) is 15.8 Å². The molecule has 1 rings (SSSR count). The van der Waals surface area contributed by atoms with Crippen LogP contribution in [-0.2, 0) is 6.54 Å². The molecule has 1 heterocycles. The Morgan fingerprint density at radius 1 is 1.71 bits per heavy atom. The Kier molecular flexibility index (Phi) is 4.71. The van der Waals surface area contributed by atoms with Crippen molar-refractivity contribution in [1.82, 2.24) is 4.98 Å². The van der Waals surface area contributed by atoms with E-state index in [2.05, 4.69) is 30.1 Å². The van der Waals surface area contributed by atoms with Gasteiger partial charge in [0, 0.05) is 36.5 Å². The molecule has 0 aromatic carbocycles. The van der Waals surface area contributed by atoms with Gasteiger partial charge in [-0.2, -0.15) is 11.8 Å². The van der Waals surface area contributed by atoms with Gasteiger partial charge >= 0.3 is 0 Å². The van der Waals surface area contributed by atoms with Crippen LogP contribution < -0.4 is 10.6 Å². The number of hydrogen-bond acceptors (Lipinski definition) is 5. The highest BCUT2D eigenvalue weighted by Crippen LogP contribution is 2.23. The first kappa shape index (κ1) is 11.8. The smallest absolute Gasteiger partial charge is 0.185 e. The fourth-order valence-corrected chi connectivity index (χ4v) is 2.65. The van der Waals surface area contributed by atoms with Crippen molar-refractivity contribution in [2.24, 2.45) is 5.73 Å². The molecule has 1 atom stereocenters. The molecule has 0 saturated heterocycles. The first-order chi connectivity index (χ1) is 6.69. The van der Waals surface area contributed by atoms with Gasteiger partial charge in [-0.15, -0.1) is 11.3 Å². The van der Waals surface area contributed by atoms with Crippen LogP contribution in [0.5, 0.6) is 0 Å². The number of rotatable bonds is 5. The summed E-state index contributed by atoms with van der Waals surface area (Å²) in [5, 5.41) is 1.06. The lowest BCUT2D eigenvalue weighted by Crippen LogP contribution is -2.30. The molecule has 0 aliphatic carbocycles. The van der Waals surface area contributed by atoms with Crippen LogP contribution >= 0.6 is 23.1 Å². The van der Waals surface area contributed by atoms with Gasteiger partial charge in [0.25, 0.3) is 0 Å². The van der Waals surface area contributed by atoms with Crippen molar-refractivity contribution >= 4 is 28.2 Å². The van der Waals surface area contributed by atoms with Gasteiger partial charge in [0.1, 0.15) is 0 Å². The largest absolute Gasteiger partial charge is 0.348 e. The normalized spacial score (nSPS) is 12.9. The fraction of sp³-hybridized carbons (Fsp3) is 0.667. The van der Waals surface area contributed by atoms with E-state index in [1.165, 1.54) is 0 Å². The summed E-state index contributed by atoms with van der Waals surface area (Å²) in [6.45, 7) is 2.79. The molecule has 3 nitrogen and oxygen atoms in total. The van der Waals surface area contributed by atoms with Gasteiger partial charge < -0.3 is 10.6 Å². The first-order valence-corrected chi connectivity index (χ1v) is 6.76. The Labute approximate surface area is 93.7 Å². The van der Waals surface area contributed by atoms with Crippen molar-refractivity contribution in [2.45, 2.75) is 19.5 Å². The van der Waals surface area contributed by atoms with Crippen molar-refractivity contribution in [1.29, 1.82) is 0 Å². The molecule has 14 heavy (non-hydrogen) atoms. The molecule has 5 heteroatoms. The van der Waals surface area contributed by atoms with Crippen LogP contribution in [0.4, 0.5) is 5.13 Å². The maximum absolute atomic E-state index is 5.55. The SMILES string of the molecule is CSCC(C)N(C)c1ncc(CN)s1. The number of thioether (sulfide) groups is 1. The number of anilines is 1. The van der Waals surface area contributed by atoms with E-state index >= 15 is 0 Å². The third kappa shape index (κ3) is 2.87. The molecule has 1 aromatic heterocycles. The molecule has 0 fully saturated rings. The zero-order valence-electron chi connectivity index (χ0n) is 8.86. The number of thiazole rings is 1. The summed E-state index contributed by atoms with van der Waals surface area (Å²) in [6, 6.07) is 0.516. The molecular formula is C9H17N3S2. The van der Waals surface area contributed by atoms with Crippen molar-refractivity contribution in [2.75, 3.05) is 24.0 Å². The van der Waals surface area contributed by atoms with Crippen molar-refractivity contribution < 1.29 is 0 Å². The summed E-state index contributed by atoms with van der Waals surface area (Å²) in [5.74, 6) is 1.12. The Bertz CT molecular complexity index is 275. The van der Waals surface area contributed by atoms with E-state index in [4.69, 9.17) is 5.73 Å². The molecule has 2 N–H and O–H groups in total. The number of aromatic nitrogens is 1. The van der Waals surface area contributed by atoms with Gasteiger partial charge in [0.15, 0.2) is 5.13 Å². The van der Waals surface area contributed by atoms with Crippen LogP contribution in [0.15, 0.2) is 6.20 Å². The quantitative estimate of drug-likeness (QED) is 0.839. The van der Waals surface area contributed by atoms with Crippen LogP contribution in [0.3, 0.4) is 0 Å². The maximum Gasteiger partial charge on any atom is 0.185 e. The van der Waals surface area contributed by atoms with Crippen LogP contribution in [-0.4, -0.2) is 30.1 Å². The summed E-state index contributed by atoms with van der Waals surface area (Å²) < 4.78 is 0. The van der Waals surface area contributed by atoms with Crippen LogP contribution in [0.2, 0.25) is 0 Å². The monoisotopic (exact) mass is 231 g/mol. The summed E-state index contributed by atoms with van der Waals surface area (Å²) in [7, 11) is 2.08. The lowest BCUT2D eigenvalue weighted by Gasteiger charge is -2.23. The van der Waals surface area contributed by atoms with Crippen molar-refractivity contribution in [3.63, 3.8) is 0 Å². The predicted octanol–water partition coefficient (Wildman–Crippen LogP) is 1.79. The van der Waals surface area contributed by atoms with E-state index in [-0.39, 0.29) is 0 Å². The molecule has 80 valence electrons. The van der Waals surface area contributed by atoms with E-state index < -0.39 is 0 Å². The molecule has 0 saturated carbocycles. The van der Waals surface area contributed by atoms with Crippen LogP contribution in [0.1, 0.15) is 11.8 Å². The maximum atomic E-state index is 5.55. The van der Waals surface area contributed by atoms with Gasteiger partial charge in [0.05, 0.1) is 0 Å². The van der Waals surface area contributed by atoms with Gasteiger partial charge in [-0.3, -0.25) is 0 Å². The third-order valence-corrected chi connectivity index (χ3v) is 4.04. The summed E-state index contributed by atoms with van der Waals surface area (Å²) in [6.07, 6.45) is 3.99. The fourth-order valence-electron chi connectivity index (χ4n) is 1.10. The van der Waals surface area contributed by atoms with Crippen molar-refractivity contribution in [3.8, 4) is 0 Å². The summed E-state index contributed by atoms with van der Waals surface area (Å²) in [5.41, 5.74) is 5.55. The zero-order valence-corrected chi connectivity index (χ0v) is 10.5. The molecule has 1 unspecified atom stereocenters. The zero-order chi connectivity index (χ0) is 10.6. The second-order valence-corrected chi connectivity index (χ2v) is 5.23. The molecule has 0 aliphatic heterocycles. The molecule has 1 aromatic rings. The average molecular weight is 231 g/mol. The first-order valence-electron chi connectivity index (χ1n) is 4.55. The molecule has 0 aliphatic rings. The second kappa shape index (κ2) is 5.58. The minimum absolute atomic E-state index is 0.516. The number of nitrogens with zero attached hydrogens (tertiary/aromatic N) is 2. The average Bonchev–Trinajstić information content (AvgIpc) is 2.65. The topological polar surface area (TPSA) is 42.2 Å². The molecule has 0 radical (unpaired) electrons. The van der Waals surface area contributed by atoms with E-state index in [1.807, 2.05) is 18.0 Å². The number of hydrogen-bond donors (Lipinski definition) is 1. The Morgan fingerprint density at radius 3 is 2.93 bits per heavy atom.